The minimum atomic E-state index is 0.111. The van der Waals surface area contributed by atoms with Gasteiger partial charge in [-0.25, -0.2) is 4.98 Å². The van der Waals surface area contributed by atoms with Crippen molar-refractivity contribution in [3.8, 4) is 0 Å². The van der Waals surface area contributed by atoms with Crippen LogP contribution >= 0.6 is 0 Å². The van der Waals surface area contributed by atoms with Gasteiger partial charge in [-0.1, -0.05) is 0 Å². The number of pyridine rings is 1. The van der Waals surface area contributed by atoms with E-state index in [2.05, 4.69) is 20.5 Å². The fourth-order valence-corrected chi connectivity index (χ4v) is 2.97. The standard InChI is InChI=1S/C16H24N4O2/c1-12-14(19-16(21)13-4-6-17-7-5-13)2-3-15(18-12)20-8-10-22-11-9-20/h2-3,13,17H,4-11H2,1H3,(H,19,21). The van der Waals surface area contributed by atoms with Crippen LogP contribution in [0.1, 0.15) is 18.5 Å². The van der Waals surface area contributed by atoms with Crippen molar-refractivity contribution in [3.63, 3.8) is 0 Å². The first-order valence-electron chi connectivity index (χ1n) is 8.06. The molecule has 2 aliphatic rings. The van der Waals surface area contributed by atoms with E-state index >= 15 is 0 Å². The van der Waals surface area contributed by atoms with Crippen molar-refractivity contribution in [2.75, 3.05) is 49.6 Å². The maximum absolute atomic E-state index is 12.3. The second-order valence-corrected chi connectivity index (χ2v) is 5.92. The summed E-state index contributed by atoms with van der Waals surface area (Å²) >= 11 is 0. The van der Waals surface area contributed by atoms with E-state index in [-0.39, 0.29) is 11.8 Å². The lowest BCUT2D eigenvalue weighted by molar-refractivity contribution is -0.120. The number of carbonyl (C=O) groups is 1. The second-order valence-electron chi connectivity index (χ2n) is 5.92. The second kappa shape index (κ2) is 7.07. The molecule has 3 heterocycles. The molecule has 0 unspecified atom stereocenters. The van der Waals surface area contributed by atoms with Crippen LogP contribution in [0.3, 0.4) is 0 Å². The maximum atomic E-state index is 12.3. The van der Waals surface area contributed by atoms with E-state index in [1.807, 2.05) is 19.1 Å². The first-order chi connectivity index (χ1) is 10.7. The summed E-state index contributed by atoms with van der Waals surface area (Å²) in [4.78, 5) is 19.2. The van der Waals surface area contributed by atoms with Gasteiger partial charge in [-0.05, 0) is 45.0 Å². The first-order valence-corrected chi connectivity index (χ1v) is 8.06. The van der Waals surface area contributed by atoms with Crippen LogP contribution < -0.4 is 15.5 Å². The average Bonchev–Trinajstić information content (AvgIpc) is 2.58. The molecule has 0 spiro atoms. The number of aromatic nitrogens is 1. The van der Waals surface area contributed by atoms with E-state index in [0.29, 0.717) is 0 Å². The molecule has 0 atom stereocenters. The lowest BCUT2D eigenvalue weighted by Crippen LogP contribution is -2.37. The number of hydrogen-bond donors (Lipinski definition) is 2. The Bertz CT molecular complexity index is 523. The highest BCUT2D eigenvalue weighted by Gasteiger charge is 2.21. The third-order valence-corrected chi connectivity index (χ3v) is 4.37. The molecule has 22 heavy (non-hydrogen) atoms. The quantitative estimate of drug-likeness (QED) is 0.877. The smallest absolute Gasteiger partial charge is 0.227 e. The largest absolute Gasteiger partial charge is 0.378 e. The zero-order valence-corrected chi connectivity index (χ0v) is 13.1. The van der Waals surface area contributed by atoms with Gasteiger partial charge in [0.2, 0.25) is 5.91 Å². The van der Waals surface area contributed by atoms with Gasteiger partial charge in [0.1, 0.15) is 5.82 Å². The number of aryl methyl sites for hydroxylation is 1. The van der Waals surface area contributed by atoms with Crippen molar-refractivity contribution < 1.29 is 9.53 Å². The Morgan fingerprint density at radius 1 is 1.32 bits per heavy atom. The maximum Gasteiger partial charge on any atom is 0.227 e. The number of hydrogen-bond acceptors (Lipinski definition) is 5. The molecular weight excluding hydrogens is 280 g/mol. The molecule has 6 nitrogen and oxygen atoms in total. The number of ether oxygens (including phenoxy) is 1. The van der Waals surface area contributed by atoms with Crippen LogP contribution in [0.15, 0.2) is 12.1 Å². The van der Waals surface area contributed by atoms with Gasteiger partial charge in [-0.15, -0.1) is 0 Å². The summed E-state index contributed by atoms with van der Waals surface area (Å²) < 4.78 is 5.36. The molecule has 1 aromatic heterocycles. The van der Waals surface area contributed by atoms with Crippen LogP contribution in [0.2, 0.25) is 0 Å². The van der Waals surface area contributed by atoms with Gasteiger partial charge >= 0.3 is 0 Å². The van der Waals surface area contributed by atoms with Crippen molar-refractivity contribution >= 4 is 17.4 Å². The van der Waals surface area contributed by atoms with Crippen LogP contribution in [0.5, 0.6) is 0 Å². The lowest BCUT2D eigenvalue weighted by atomic mass is 9.97. The molecule has 0 radical (unpaired) electrons. The van der Waals surface area contributed by atoms with Crippen LogP contribution in [0.25, 0.3) is 0 Å². The minimum Gasteiger partial charge on any atom is -0.378 e. The minimum absolute atomic E-state index is 0.111. The summed E-state index contributed by atoms with van der Waals surface area (Å²) in [6, 6.07) is 3.95. The number of amides is 1. The zero-order chi connectivity index (χ0) is 15.4. The predicted octanol–water partition coefficient (Wildman–Crippen LogP) is 1.16. The molecule has 2 N–H and O–H groups in total. The Morgan fingerprint density at radius 3 is 2.73 bits per heavy atom. The number of morpholine rings is 1. The number of anilines is 2. The van der Waals surface area contributed by atoms with Crippen LogP contribution in [0.4, 0.5) is 11.5 Å². The SMILES string of the molecule is Cc1nc(N2CCOCC2)ccc1NC(=O)C1CCNCC1. The molecule has 2 fully saturated rings. The Labute approximate surface area is 131 Å². The normalized spacial score (nSPS) is 20.0. The molecule has 2 saturated heterocycles. The average molecular weight is 304 g/mol. The highest BCUT2D eigenvalue weighted by atomic mass is 16.5. The van der Waals surface area contributed by atoms with Crippen LogP contribution in [-0.2, 0) is 9.53 Å². The van der Waals surface area contributed by atoms with Gasteiger partial charge in [0.25, 0.3) is 0 Å². The fourth-order valence-electron chi connectivity index (χ4n) is 2.97. The molecule has 0 aromatic carbocycles. The summed E-state index contributed by atoms with van der Waals surface area (Å²) in [6.07, 6.45) is 1.81. The van der Waals surface area contributed by atoms with E-state index in [4.69, 9.17) is 4.74 Å². The van der Waals surface area contributed by atoms with Gasteiger partial charge in [-0.3, -0.25) is 4.79 Å². The van der Waals surface area contributed by atoms with Crippen molar-refractivity contribution in [2.24, 2.45) is 5.92 Å². The number of nitrogens with one attached hydrogen (secondary N) is 2. The Hall–Kier alpha value is -1.66. The summed E-state index contributed by atoms with van der Waals surface area (Å²) in [5, 5.41) is 6.32. The summed E-state index contributed by atoms with van der Waals surface area (Å²) in [7, 11) is 0. The van der Waals surface area contributed by atoms with Crippen molar-refractivity contribution in [3.05, 3.63) is 17.8 Å². The molecule has 2 aliphatic heterocycles. The van der Waals surface area contributed by atoms with E-state index in [0.717, 1.165) is 69.4 Å². The fraction of sp³-hybridized carbons (Fsp3) is 0.625. The molecule has 1 amide bonds. The number of piperidine rings is 1. The van der Waals surface area contributed by atoms with E-state index in [1.54, 1.807) is 0 Å². The molecule has 120 valence electrons. The first kappa shape index (κ1) is 15.2. The van der Waals surface area contributed by atoms with Gasteiger partial charge in [0.15, 0.2) is 0 Å². The number of carbonyl (C=O) groups excluding carboxylic acids is 1. The van der Waals surface area contributed by atoms with Crippen molar-refractivity contribution in [1.29, 1.82) is 0 Å². The zero-order valence-electron chi connectivity index (χ0n) is 13.1. The monoisotopic (exact) mass is 304 g/mol. The van der Waals surface area contributed by atoms with Gasteiger partial charge in [0, 0.05) is 19.0 Å². The molecule has 0 aliphatic carbocycles. The topological polar surface area (TPSA) is 66.5 Å². The number of nitrogens with zero attached hydrogens (tertiary/aromatic N) is 2. The highest BCUT2D eigenvalue weighted by Crippen LogP contribution is 2.21. The van der Waals surface area contributed by atoms with Gasteiger partial charge in [-0.2, -0.15) is 0 Å². The highest BCUT2D eigenvalue weighted by molar-refractivity contribution is 5.93. The van der Waals surface area contributed by atoms with E-state index in [9.17, 15) is 4.79 Å². The Morgan fingerprint density at radius 2 is 2.05 bits per heavy atom. The number of rotatable bonds is 3. The van der Waals surface area contributed by atoms with Crippen LogP contribution in [0, 0.1) is 12.8 Å². The Kier molecular flexibility index (Phi) is 4.90. The van der Waals surface area contributed by atoms with E-state index < -0.39 is 0 Å². The van der Waals surface area contributed by atoms with Crippen molar-refractivity contribution in [1.82, 2.24) is 10.3 Å². The summed E-state index contributed by atoms with van der Waals surface area (Å²) in [6.45, 7) is 7.02. The summed E-state index contributed by atoms with van der Waals surface area (Å²) in [5.74, 6) is 1.19. The lowest BCUT2D eigenvalue weighted by Gasteiger charge is -2.28. The molecule has 0 bridgehead atoms. The molecule has 6 heteroatoms. The van der Waals surface area contributed by atoms with E-state index in [1.165, 1.54) is 0 Å². The van der Waals surface area contributed by atoms with Crippen LogP contribution in [-0.4, -0.2) is 50.3 Å². The third kappa shape index (κ3) is 3.56. The van der Waals surface area contributed by atoms with Crippen molar-refractivity contribution in [2.45, 2.75) is 19.8 Å². The third-order valence-electron chi connectivity index (χ3n) is 4.37. The Balaban J connectivity index is 1.65. The predicted molar refractivity (Wildman–Crippen MR) is 86.2 cm³/mol. The summed E-state index contributed by atoms with van der Waals surface area (Å²) in [5.41, 5.74) is 1.69. The molecule has 1 aromatic rings. The van der Waals surface area contributed by atoms with Gasteiger partial charge < -0.3 is 20.3 Å². The molecule has 0 saturated carbocycles. The molecular formula is C16H24N4O2. The molecule has 3 rings (SSSR count). The van der Waals surface area contributed by atoms with Gasteiger partial charge in [0.05, 0.1) is 24.6 Å².